The quantitative estimate of drug-likeness (QED) is 0.640. The third-order valence-electron chi connectivity index (χ3n) is 4.41. The lowest BCUT2D eigenvalue weighted by Gasteiger charge is -2.13. The van der Waals surface area contributed by atoms with E-state index in [0.717, 1.165) is 27.4 Å². The zero-order chi connectivity index (χ0) is 21.0. The van der Waals surface area contributed by atoms with Crippen molar-refractivity contribution in [3.8, 4) is 17.0 Å². The number of benzene rings is 2. The van der Waals surface area contributed by atoms with Gasteiger partial charge in [0.25, 0.3) is 5.91 Å². The highest BCUT2D eigenvalue weighted by Crippen LogP contribution is 2.31. The van der Waals surface area contributed by atoms with Gasteiger partial charge in [-0.15, -0.1) is 11.3 Å². The minimum absolute atomic E-state index is 0.286. The predicted molar refractivity (Wildman–Crippen MR) is 116 cm³/mol. The molecule has 2 amide bonds. The molecule has 0 bridgehead atoms. The molecule has 3 rings (SSSR count). The Morgan fingerprint density at radius 2 is 1.83 bits per heavy atom. The monoisotopic (exact) mass is 409 g/mol. The number of anilines is 1. The fraction of sp³-hybridized carbons (Fsp3) is 0.227. The Balaban J connectivity index is 1.66. The summed E-state index contributed by atoms with van der Waals surface area (Å²) in [6.07, 6.45) is 0. The molecule has 2 N–H and O–H groups in total. The van der Waals surface area contributed by atoms with Gasteiger partial charge in [-0.05, 0) is 57.2 Å². The first-order chi connectivity index (χ1) is 13.9. The van der Waals surface area contributed by atoms with E-state index in [-0.39, 0.29) is 11.8 Å². The normalized spacial score (nSPS) is 11.6. The van der Waals surface area contributed by atoms with E-state index < -0.39 is 6.04 Å². The van der Waals surface area contributed by atoms with Crippen molar-refractivity contribution in [2.45, 2.75) is 26.8 Å². The summed E-state index contributed by atoms with van der Waals surface area (Å²) in [6, 6.07) is 14.1. The number of hydrogen-bond donors (Lipinski definition) is 2. The van der Waals surface area contributed by atoms with Crippen molar-refractivity contribution >= 4 is 28.3 Å². The van der Waals surface area contributed by atoms with Crippen molar-refractivity contribution in [1.29, 1.82) is 0 Å². The molecule has 2 aromatic carbocycles. The fourth-order valence-corrected chi connectivity index (χ4v) is 3.65. The van der Waals surface area contributed by atoms with Crippen LogP contribution in [0.2, 0.25) is 0 Å². The molecule has 0 radical (unpaired) electrons. The molecule has 3 aromatic rings. The first-order valence-corrected chi connectivity index (χ1v) is 9.99. The lowest BCUT2D eigenvalue weighted by Crippen LogP contribution is -2.41. The summed E-state index contributed by atoms with van der Waals surface area (Å²) < 4.78 is 5.18. The number of amides is 2. The molecule has 6 nitrogen and oxygen atoms in total. The van der Waals surface area contributed by atoms with E-state index in [1.807, 2.05) is 50.2 Å². The Labute approximate surface area is 173 Å². The number of rotatable bonds is 6. The van der Waals surface area contributed by atoms with Crippen molar-refractivity contribution in [3.05, 3.63) is 64.5 Å². The average molecular weight is 410 g/mol. The first-order valence-electron chi connectivity index (χ1n) is 9.17. The van der Waals surface area contributed by atoms with Crippen LogP contribution < -0.4 is 15.4 Å². The number of nitrogens with one attached hydrogen (secondary N) is 2. The molecule has 0 saturated carbocycles. The van der Waals surface area contributed by atoms with Crippen LogP contribution in [0.4, 0.5) is 5.13 Å². The van der Waals surface area contributed by atoms with E-state index in [2.05, 4.69) is 15.6 Å². The zero-order valence-corrected chi connectivity index (χ0v) is 17.6. The number of aryl methyl sites for hydroxylation is 2. The van der Waals surface area contributed by atoms with Crippen molar-refractivity contribution in [2.24, 2.45) is 0 Å². The van der Waals surface area contributed by atoms with Gasteiger partial charge in [-0.2, -0.15) is 0 Å². The van der Waals surface area contributed by atoms with Crippen LogP contribution in [-0.4, -0.2) is 29.9 Å². The smallest absolute Gasteiger partial charge is 0.251 e. The van der Waals surface area contributed by atoms with E-state index in [1.54, 1.807) is 26.2 Å². The van der Waals surface area contributed by atoms with E-state index in [0.29, 0.717) is 10.7 Å². The van der Waals surface area contributed by atoms with Gasteiger partial charge in [0.1, 0.15) is 11.8 Å². The number of nitrogens with zero attached hydrogens (tertiary/aromatic N) is 1. The third-order valence-corrected chi connectivity index (χ3v) is 5.30. The van der Waals surface area contributed by atoms with Crippen LogP contribution >= 0.6 is 11.3 Å². The Morgan fingerprint density at radius 3 is 2.48 bits per heavy atom. The van der Waals surface area contributed by atoms with Gasteiger partial charge in [-0.1, -0.05) is 17.7 Å². The molecule has 1 atom stereocenters. The second-order valence-corrected chi connectivity index (χ2v) is 7.91. The highest BCUT2D eigenvalue weighted by Gasteiger charge is 2.19. The molecule has 150 valence electrons. The Morgan fingerprint density at radius 1 is 1.10 bits per heavy atom. The van der Waals surface area contributed by atoms with Gasteiger partial charge in [0.2, 0.25) is 5.91 Å². The summed E-state index contributed by atoms with van der Waals surface area (Å²) in [5, 5.41) is 6.01. The predicted octanol–water partition coefficient (Wildman–Crippen LogP) is 4.19. The molecule has 7 heteroatoms. The van der Waals surface area contributed by atoms with E-state index in [1.165, 1.54) is 11.3 Å². The number of thiazole rings is 1. The number of carbonyl (C=O) groups is 2. The maximum atomic E-state index is 12.5. The number of aromatic nitrogens is 1. The summed E-state index contributed by atoms with van der Waals surface area (Å²) in [6.45, 7) is 5.52. The Bertz CT molecular complexity index is 1030. The second-order valence-electron chi connectivity index (χ2n) is 6.71. The number of ether oxygens (including phenoxy) is 1. The standard InChI is InChI=1S/C22H23N3O3S/c1-13-6-5-7-17(12-13)21(27)23-14(2)20(26)25-22-24-19(15(3)29-22)16-8-10-18(28-4)11-9-16/h5-12,14H,1-4H3,(H,23,27)(H,24,25,26). The maximum absolute atomic E-state index is 12.5. The van der Waals surface area contributed by atoms with Gasteiger partial charge >= 0.3 is 0 Å². The summed E-state index contributed by atoms with van der Waals surface area (Å²) in [5.74, 6) is 0.167. The molecule has 0 aliphatic heterocycles. The molecule has 1 unspecified atom stereocenters. The van der Waals surface area contributed by atoms with Gasteiger partial charge in [0.05, 0.1) is 12.8 Å². The summed E-state index contributed by atoms with van der Waals surface area (Å²) in [5.41, 5.74) is 3.26. The molecule has 1 heterocycles. The largest absolute Gasteiger partial charge is 0.497 e. The van der Waals surface area contributed by atoms with Crippen LogP contribution in [-0.2, 0) is 4.79 Å². The van der Waals surface area contributed by atoms with E-state index >= 15 is 0 Å². The molecule has 0 saturated heterocycles. The second kappa shape index (κ2) is 8.87. The number of carbonyl (C=O) groups excluding carboxylic acids is 2. The zero-order valence-electron chi connectivity index (χ0n) is 16.8. The van der Waals surface area contributed by atoms with Crippen LogP contribution in [0, 0.1) is 13.8 Å². The fourth-order valence-electron chi connectivity index (χ4n) is 2.81. The van der Waals surface area contributed by atoms with Crippen LogP contribution in [0.5, 0.6) is 5.75 Å². The molecular formula is C22H23N3O3S. The summed E-state index contributed by atoms with van der Waals surface area (Å²) in [7, 11) is 1.62. The van der Waals surface area contributed by atoms with Gasteiger partial charge in [0.15, 0.2) is 5.13 Å². The van der Waals surface area contributed by atoms with Gasteiger partial charge in [-0.25, -0.2) is 4.98 Å². The number of hydrogen-bond acceptors (Lipinski definition) is 5. The molecular weight excluding hydrogens is 386 g/mol. The van der Waals surface area contributed by atoms with Crippen molar-refractivity contribution in [3.63, 3.8) is 0 Å². The molecule has 1 aromatic heterocycles. The number of methoxy groups -OCH3 is 1. The van der Waals surface area contributed by atoms with Crippen LogP contribution in [0.3, 0.4) is 0 Å². The van der Waals surface area contributed by atoms with Gasteiger partial charge in [-0.3, -0.25) is 9.59 Å². The summed E-state index contributed by atoms with van der Waals surface area (Å²) in [4.78, 5) is 30.4. The lowest BCUT2D eigenvalue weighted by atomic mass is 10.1. The SMILES string of the molecule is COc1ccc(-c2nc(NC(=O)C(C)NC(=O)c3cccc(C)c3)sc2C)cc1. The highest BCUT2D eigenvalue weighted by molar-refractivity contribution is 7.16. The van der Waals surface area contributed by atoms with Crippen molar-refractivity contribution in [1.82, 2.24) is 10.3 Å². The first kappa shape index (κ1) is 20.5. The van der Waals surface area contributed by atoms with Crippen molar-refractivity contribution in [2.75, 3.05) is 12.4 Å². The Kier molecular flexibility index (Phi) is 6.29. The van der Waals surface area contributed by atoms with Crippen LogP contribution in [0.15, 0.2) is 48.5 Å². The summed E-state index contributed by atoms with van der Waals surface area (Å²) >= 11 is 1.40. The van der Waals surface area contributed by atoms with Crippen LogP contribution in [0.1, 0.15) is 27.7 Å². The van der Waals surface area contributed by atoms with Crippen LogP contribution in [0.25, 0.3) is 11.3 Å². The average Bonchev–Trinajstić information content (AvgIpc) is 3.07. The van der Waals surface area contributed by atoms with Gasteiger partial charge < -0.3 is 15.4 Å². The topological polar surface area (TPSA) is 80.3 Å². The van der Waals surface area contributed by atoms with E-state index in [9.17, 15) is 9.59 Å². The lowest BCUT2D eigenvalue weighted by molar-refractivity contribution is -0.117. The van der Waals surface area contributed by atoms with E-state index in [4.69, 9.17) is 4.74 Å². The third kappa shape index (κ3) is 5.00. The van der Waals surface area contributed by atoms with Crippen molar-refractivity contribution < 1.29 is 14.3 Å². The van der Waals surface area contributed by atoms with Gasteiger partial charge in [0, 0.05) is 16.0 Å². The molecule has 0 spiro atoms. The minimum atomic E-state index is -0.698. The Hall–Kier alpha value is -3.19. The molecule has 29 heavy (non-hydrogen) atoms. The maximum Gasteiger partial charge on any atom is 0.251 e. The highest BCUT2D eigenvalue weighted by atomic mass is 32.1. The molecule has 0 aliphatic rings. The molecule has 0 fully saturated rings. The minimum Gasteiger partial charge on any atom is -0.497 e. The molecule has 0 aliphatic carbocycles.